The van der Waals surface area contributed by atoms with E-state index in [2.05, 4.69) is 56.8 Å². The molecule has 3 aromatic rings. The molecule has 0 fully saturated rings. The lowest BCUT2D eigenvalue weighted by Crippen LogP contribution is -1.99. The molecule has 0 spiro atoms. The van der Waals surface area contributed by atoms with Gasteiger partial charge >= 0.3 is 0 Å². The van der Waals surface area contributed by atoms with Crippen LogP contribution in [0.1, 0.15) is 50.4 Å². The van der Waals surface area contributed by atoms with Crippen molar-refractivity contribution in [1.29, 1.82) is 0 Å². The van der Waals surface area contributed by atoms with Crippen LogP contribution >= 0.6 is 0 Å². The third kappa shape index (κ3) is 4.40. The highest BCUT2D eigenvalue weighted by Crippen LogP contribution is 2.13. The maximum Gasteiger partial charge on any atom is 0.181 e. The Bertz CT molecular complexity index is 749. The second kappa shape index (κ2) is 8.57. The minimum Gasteiger partial charge on any atom is -0.328 e. The molecule has 2 heterocycles. The molecule has 24 heavy (non-hydrogen) atoms. The summed E-state index contributed by atoms with van der Waals surface area (Å²) >= 11 is 0. The predicted molar refractivity (Wildman–Crippen MR) is 97.9 cm³/mol. The average molecular weight is 322 g/mol. The van der Waals surface area contributed by atoms with E-state index >= 15 is 0 Å². The highest BCUT2D eigenvalue weighted by Gasteiger charge is 2.06. The van der Waals surface area contributed by atoms with Crippen molar-refractivity contribution in [3.8, 4) is 0 Å². The molecule has 0 aliphatic heterocycles. The second-order valence-corrected chi connectivity index (χ2v) is 6.33. The van der Waals surface area contributed by atoms with Crippen LogP contribution in [0.3, 0.4) is 0 Å². The first-order valence-electron chi connectivity index (χ1n) is 9.07. The fourth-order valence-electron chi connectivity index (χ4n) is 2.95. The van der Waals surface area contributed by atoms with E-state index in [4.69, 9.17) is 0 Å². The van der Waals surface area contributed by atoms with Gasteiger partial charge in [-0.15, -0.1) is 0 Å². The molecule has 4 nitrogen and oxygen atoms in total. The van der Waals surface area contributed by atoms with E-state index in [0.29, 0.717) is 0 Å². The summed E-state index contributed by atoms with van der Waals surface area (Å²) in [4.78, 5) is 13.5. The van der Waals surface area contributed by atoms with Crippen molar-refractivity contribution in [2.45, 2.75) is 58.4 Å². The van der Waals surface area contributed by atoms with Crippen LogP contribution in [-0.4, -0.2) is 19.5 Å². The van der Waals surface area contributed by atoms with E-state index in [1.54, 1.807) is 0 Å². The van der Waals surface area contributed by atoms with Crippen LogP contribution in [0.4, 0.5) is 0 Å². The lowest BCUT2D eigenvalue weighted by atomic mass is 10.1. The monoisotopic (exact) mass is 322 g/mol. The fraction of sp³-hybridized carbons (Fsp3) is 0.450. The van der Waals surface area contributed by atoms with Gasteiger partial charge in [-0.05, 0) is 31.2 Å². The molecular formula is C20H26N4. The van der Waals surface area contributed by atoms with Gasteiger partial charge in [0.15, 0.2) is 5.65 Å². The van der Waals surface area contributed by atoms with E-state index in [-0.39, 0.29) is 0 Å². The number of aryl methyl sites for hydroxylation is 3. The molecule has 4 heteroatoms. The molecule has 0 bridgehead atoms. The Morgan fingerprint density at radius 1 is 0.917 bits per heavy atom. The smallest absolute Gasteiger partial charge is 0.181 e. The predicted octanol–water partition coefficient (Wildman–Crippen LogP) is 4.58. The lowest BCUT2D eigenvalue weighted by molar-refractivity contribution is 0.596. The molecule has 0 N–H and O–H groups in total. The van der Waals surface area contributed by atoms with Crippen molar-refractivity contribution >= 4 is 11.2 Å². The summed E-state index contributed by atoms with van der Waals surface area (Å²) in [7, 11) is 0. The summed E-state index contributed by atoms with van der Waals surface area (Å²) < 4.78 is 2.18. The minimum absolute atomic E-state index is 0.834. The number of imidazole rings is 1. The molecule has 0 amide bonds. The molecule has 0 saturated heterocycles. The Morgan fingerprint density at radius 2 is 1.79 bits per heavy atom. The number of hydrogen-bond donors (Lipinski definition) is 0. The molecule has 0 radical (unpaired) electrons. The van der Waals surface area contributed by atoms with Crippen LogP contribution in [0.15, 0.2) is 42.9 Å². The summed E-state index contributed by atoms with van der Waals surface area (Å²) in [6.07, 6.45) is 11.9. The standard InChI is InChI=1S/C20H26N4/c1-2-3-13-19-21-15-18-20(23-19)22-16-24(18)14-9-5-8-12-17-10-6-4-7-11-17/h4,6-7,10-11,15-16H,2-3,5,8-9,12-14H2,1H3. The first-order chi connectivity index (χ1) is 11.9. The maximum atomic E-state index is 4.57. The summed E-state index contributed by atoms with van der Waals surface area (Å²) in [5.74, 6) is 0.914. The van der Waals surface area contributed by atoms with Gasteiger partial charge in [-0.25, -0.2) is 15.0 Å². The quantitative estimate of drug-likeness (QED) is 0.542. The van der Waals surface area contributed by atoms with Gasteiger partial charge in [-0.1, -0.05) is 50.1 Å². The van der Waals surface area contributed by atoms with Crippen molar-refractivity contribution < 1.29 is 0 Å². The number of hydrogen-bond acceptors (Lipinski definition) is 3. The Hall–Kier alpha value is -2.23. The summed E-state index contributed by atoms with van der Waals surface area (Å²) in [6.45, 7) is 3.17. The zero-order valence-corrected chi connectivity index (χ0v) is 14.5. The van der Waals surface area contributed by atoms with Crippen LogP contribution < -0.4 is 0 Å². The molecule has 0 aliphatic rings. The largest absolute Gasteiger partial charge is 0.328 e. The molecule has 3 rings (SSSR count). The summed E-state index contributed by atoms with van der Waals surface area (Å²) in [5.41, 5.74) is 3.32. The average Bonchev–Trinajstić information content (AvgIpc) is 3.03. The van der Waals surface area contributed by atoms with E-state index in [1.807, 2.05) is 12.5 Å². The third-order valence-electron chi connectivity index (χ3n) is 4.39. The van der Waals surface area contributed by atoms with Gasteiger partial charge in [0.1, 0.15) is 11.3 Å². The number of nitrogens with zero attached hydrogens (tertiary/aromatic N) is 4. The topological polar surface area (TPSA) is 43.6 Å². The zero-order valence-electron chi connectivity index (χ0n) is 14.5. The molecular weight excluding hydrogens is 296 g/mol. The zero-order chi connectivity index (χ0) is 16.6. The Morgan fingerprint density at radius 3 is 2.62 bits per heavy atom. The first-order valence-corrected chi connectivity index (χ1v) is 9.07. The highest BCUT2D eigenvalue weighted by atomic mass is 15.1. The van der Waals surface area contributed by atoms with Crippen LogP contribution in [-0.2, 0) is 19.4 Å². The SMILES string of the molecule is CCCCc1ncc2c(ncn2CCCCCc2ccccc2)n1. The number of fused-ring (bicyclic) bond motifs is 1. The van der Waals surface area contributed by atoms with Crippen LogP contribution in [0.5, 0.6) is 0 Å². The fourth-order valence-corrected chi connectivity index (χ4v) is 2.95. The van der Waals surface area contributed by atoms with Gasteiger partial charge in [-0.3, -0.25) is 0 Å². The van der Waals surface area contributed by atoms with E-state index < -0.39 is 0 Å². The molecule has 126 valence electrons. The minimum atomic E-state index is 0.834. The van der Waals surface area contributed by atoms with Crippen molar-refractivity contribution in [1.82, 2.24) is 19.5 Å². The van der Waals surface area contributed by atoms with Gasteiger partial charge in [0.05, 0.1) is 12.5 Å². The van der Waals surface area contributed by atoms with Crippen molar-refractivity contribution in [2.75, 3.05) is 0 Å². The normalized spacial score (nSPS) is 11.2. The Balaban J connectivity index is 1.48. The van der Waals surface area contributed by atoms with Crippen LogP contribution in [0, 0.1) is 0 Å². The second-order valence-electron chi connectivity index (χ2n) is 6.33. The van der Waals surface area contributed by atoms with Crippen molar-refractivity contribution in [2.24, 2.45) is 0 Å². The van der Waals surface area contributed by atoms with Crippen molar-refractivity contribution in [3.05, 3.63) is 54.2 Å². The molecule has 2 aromatic heterocycles. The highest BCUT2D eigenvalue weighted by molar-refractivity contribution is 5.69. The summed E-state index contributed by atoms with van der Waals surface area (Å²) in [6, 6.07) is 10.7. The lowest BCUT2D eigenvalue weighted by Gasteiger charge is -2.05. The van der Waals surface area contributed by atoms with Crippen molar-refractivity contribution in [3.63, 3.8) is 0 Å². The van der Waals surface area contributed by atoms with Crippen LogP contribution in [0.2, 0.25) is 0 Å². The molecule has 0 atom stereocenters. The van der Waals surface area contributed by atoms with Gasteiger partial charge in [0.25, 0.3) is 0 Å². The summed E-state index contributed by atoms with van der Waals surface area (Å²) in [5, 5.41) is 0. The molecule has 1 aromatic carbocycles. The van der Waals surface area contributed by atoms with Gasteiger partial charge in [0.2, 0.25) is 0 Å². The Kier molecular flexibility index (Phi) is 5.94. The molecule has 0 aliphatic carbocycles. The van der Waals surface area contributed by atoms with Gasteiger partial charge in [-0.2, -0.15) is 0 Å². The number of rotatable bonds is 9. The van der Waals surface area contributed by atoms with Gasteiger partial charge < -0.3 is 4.57 Å². The van der Waals surface area contributed by atoms with Crippen LogP contribution in [0.25, 0.3) is 11.2 Å². The van der Waals surface area contributed by atoms with Gasteiger partial charge in [0, 0.05) is 13.0 Å². The molecule has 0 unspecified atom stereocenters. The first kappa shape index (κ1) is 16.6. The third-order valence-corrected chi connectivity index (χ3v) is 4.39. The van der Waals surface area contributed by atoms with E-state index in [1.165, 1.54) is 24.8 Å². The number of aromatic nitrogens is 4. The number of benzene rings is 1. The van der Waals surface area contributed by atoms with E-state index in [9.17, 15) is 0 Å². The Labute approximate surface area is 144 Å². The molecule has 0 saturated carbocycles. The number of unbranched alkanes of at least 4 members (excludes halogenated alkanes) is 3. The maximum absolute atomic E-state index is 4.57. The van der Waals surface area contributed by atoms with E-state index in [0.717, 1.165) is 49.2 Å².